The van der Waals surface area contributed by atoms with Gasteiger partial charge in [-0.2, -0.15) is 5.10 Å². The monoisotopic (exact) mass is 356 g/mol. The first-order chi connectivity index (χ1) is 12.6. The van der Waals surface area contributed by atoms with E-state index in [1.165, 1.54) is 0 Å². The molecule has 26 heavy (non-hydrogen) atoms. The topological polar surface area (TPSA) is 69.5 Å². The summed E-state index contributed by atoms with van der Waals surface area (Å²) in [6, 6.07) is 7.48. The molecule has 2 fully saturated rings. The van der Waals surface area contributed by atoms with E-state index in [2.05, 4.69) is 10.1 Å². The minimum absolute atomic E-state index is 0.0259. The molecule has 0 bridgehead atoms. The molecule has 0 aromatic carbocycles. The molecule has 2 aliphatic rings. The molecule has 1 amide bonds. The number of aromatic nitrogens is 3. The molecule has 4 rings (SSSR count). The van der Waals surface area contributed by atoms with Crippen LogP contribution in [0.3, 0.4) is 0 Å². The van der Waals surface area contributed by atoms with Gasteiger partial charge in [-0.15, -0.1) is 0 Å². The number of amides is 1. The van der Waals surface area contributed by atoms with Crippen LogP contribution in [-0.4, -0.2) is 57.5 Å². The number of nitrogens with zero attached hydrogens (tertiary/aromatic N) is 4. The molecule has 0 unspecified atom stereocenters. The summed E-state index contributed by atoms with van der Waals surface area (Å²) in [5.74, 6) is 0.925. The van der Waals surface area contributed by atoms with Crippen molar-refractivity contribution in [3.05, 3.63) is 41.9 Å². The van der Waals surface area contributed by atoms with Crippen LogP contribution in [0.1, 0.15) is 29.5 Å². The Morgan fingerprint density at radius 3 is 3.00 bits per heavy atom. The molecule has 1 atom stereocenters. The van der Waals surface area contributed by atoms with Crippen LogP contribution >= 0.6 is 0 Å². The summed E-state index contributed by atoms with van der Waals surface area (Å²) in [6.45, 7) is 7.07. The van der Waals surface area contributed by atoms with E-state index in [1.807, 2.05) is 43.0 Å². The number of pyridine rings is 1. The van der Waals surface area contributed by atoms with Gasteiger partial charge in [0.1, 0.15) is 11.3 Å². The van der Waals surface area contributed by atoms with Gasteiger partial charge in [-0.3, -0.25) is 9.48 Å². The Morgan fingerprint density at radius 2 is 2.27 bits per heavy atom. The summed E-state index contributed by atoms with van der Waals surface area (Å²) < 4.78 is 13.6. The zero-order valence-corrected chi connectivity index (χ0v) is 15.2. The molecule has 2 aromatic rings. The van der Waals surface area contributed by atoms with Crippen molar-refractivity contribution >= 4 is 5.91 Å². The summed E-state index contributed by atoms with van der Waals surface area (Å²) in [4.78, 5) is 18.9. The van der Waals surface area contributed by atoms with Gasteiger partial charge in [0.2, 0.25) is 5.88 Å². The molecule has 0 saturated carbocycles. The average Bonchev–Trinajstić information content (AvgIpc) is 3.22. The first-order valence-electron chi connectivity index (χ1n) is 9.13. The lowest BCUT2D eigenvalue weighted by Crippen LogP contribution is -2.66. The Labute approximate surface area is 152 Å². The molecule has 2 aromatic heterocycles. The zero-order valence-electron chi connectivity index (χ0n) is 15.2. The maximum Gasteiger partial charge on any atom is 0.272 e. The lowest BCUT2D eigenvalue weighted by molar-refractivity contribution is -0.122. The standard InChI is InChI=1S/C19H24N4O3/c1-3-23-16(10-14(2)21-23)18(24)22-12-19(13-22)15(7-9-26-19)11-25-17-6-4-5-8-20-17/h4-6,8,10,15H,3,7,9,11-13H2,1-2H3/t15-/m1/s1. The number of ether oxygens (including phenoxy) is 2. The van der Waals surface area contributed by atoms with E-state index in [1.54, 1.807) is 10.9 Å². The van der Waals surface area contributed by atoms with Gasteiger partial charge in [-0.05, 0) is 32.4 Å². The maximum absolute atomic E-state index is 12.8. The van der Waals surface area contributed by atoms with Crippen LogP contribution in [0.15, 0.2) is 30.5 Å². The molecule has 1 spiro atoms. The normalized spacial score (nSPS) is 21.0. The Bertz CT molecular complexity index is 783. The van der Waals surface area contributed by atoms with Crippen LogP contribution in [0.2, 0.25) is 0 Å². The molecule has 7 heteroatoms. The highest BCUT2D eigenvalue weighted by Gasteiger charge is 2.55. The third kappa shape index (κ3) is 2.96. The third-order valence-electron chi connectivity index (χ3n) is 5.30. The minimum atomic E-state index is -0.281. The summed E-state index contributed by atoms with van der Waals surface area (Å²) in [6.07, 6.45) is 2.67. The van der Waals surface area contributed by atoms with E-state index in [-0.39, 0.29) is 17.4 Å². The van der Waals surface area contributed by atoms with Crippen molar-refractivity contribution < 1.29 is 14.3 Å². The third-order valence-corrected chi connectivity index (χ3v) is 5.30. The predicted molar refractivity (Wildman–Crippen MR) is 95.1 cm³/mol. The van der Waals surface area contributed by atoms with Gasteiger partial charge in [-0.25, -0.2) is 4.98 Å². The fourth-order valence-corrected chi connectivity index (χ4v) is 3.85. The number of hydrogen-bond donors (Lipinski definition) is 0. The number of rotatable bonds is 5. The minimum Gasteiger partial charge on any atom is -0.477 e. The van der Waals surface area contributed by atoms with Crippen molar-refractivity contribution in [2.75, 3.05) is 26.3 Å². The van der Waals surface area contributed by atoms with Gasteiger partial charge in [0.15, 0.2) is 0 Å². The van der Waals surface area contributed by atoms with Crippen molar-refractivity contribution in [1.29, 1.82) is 0 Å². The van der Waals surface area contributed by atoms with Gasteiger partial charge in [0, 0.05) is 31.3 Å². The van der Waals surface area contributed by atoms with Crippen LogP contribution in [-0.2, 0) is 11.3 Å². The first-order valence-corrected chi connectivity index (χ1v) is 9.13. The summed E-state index contributed by atoms with van der Waals surface area (Å²) in [5.41, 5.74) is 1.24. The molecule has 4 heterocycles. The largest absolute Gasteiger partial charge is 0.477 e. The molecule has 0 aliphatic carbocycles. The van der Waals surface area contributed by atoms with Gasteiger partial charge in [0.25, 0.3) is 5.91 Å². The number of likely N-dealkylation sites (tertiary alicyclic amines) is 1. The maximum atomic E-state index is 12.8. The number of carbonyl (C=O) groups is 1. The van der Waals surface area contributed by atoms with Gasteiger partial charge in [0.05, 0.1) is 25.4 Å². The number of carbonyl (C=O) groups excluding carboxylic acids is 1. The Morgan fingerprint density at radius 1 is 1.42 bits per heavy atom. The second-order valence-corrected chi connectivity index (χ2v) is 7.03. The quantitative estimate of drug-likeness (QED) is 0.819. The molecular formula is C19H24N4O3. The molecular weight excluding hydrogens is 332 g/mol. The summed E-state index contributed by atoms with van der Waals surface area (Å²) in [5, 5.41) is 4.37. The van der Waals surface area contributed by atoms with Crippen LogP contribution in [0.5, 0.6) is 5.88 Å². The Kier molecular flexibility index (Phi) is 4.40. The second kappa shape index (κ2) is 6.72. The lowest BCUT2D eigenvalue weighted by atomic mass is 9.81. The van der Waals surface area contributed by atoms with Crippen molar-refractivity contribution in [2.24, 2.45) is 5.92 Å². The highest BCUT2D eigenvalue weighted by molar-refractivity contribution is 5.93. The molecule has 7 nitrogen and oxygen atoms in total. The Balaban J connectivity index is 1.39. The lowest BCUT2D eigenvalue weighted by Gasteiger charge is -2.49. The van der Waals surface area contributed by atoms with E-state index in [0.29, 0.717) is 44.4 Å². The zero-order chi connectivity index (χ0) is 18.1. The Hall–Kier alpha value is -2.41. The van der Waals surface area contributed by atoms with Gasteiger partial charge in [-0.1, -0.05) is 6.07 Å². The predicted octanol–water partition coefficient (Wildman–Crippen LogP) is 1.92. The molecule has 2 aliphatic heterocycles. The summed E-state index contributed by atoms with van der Waals surface area (Å²) in [7, 11) is 0. The fraction of sp³-hybridized carbons (Fsp3) is 0.526. The SMILES string of the molecule is CCn1nc(C)cc1C(=O)N1CC2(C1)OCC[C@@H]2COc1ccccn1. The number of hydrogen-bond acceptors (Lipinski definition) is 5. The van der Waals surface area contributed by atoms with Crippen molar-refractivity contribution in [2.45, 2.75) is 32.4 Å². The van der Waals surface area contributed by atoms with Crippen LogP contribution in [0.25, 0.3) is 0 Å². The number of aryl methyl sites for hydroxylation is 2. The highest BCUT2D eigenvalue weighted by atomic mass is 16.5. The van der Waals surface area contributed by atoms with Crippen molar-refractivity contribution in [3.63, 3.8) is 0 Å². The smallest absolute Gasteiger partial charge is 0.272 e. The highest BCUT2D eigenvalue weighted by Crippen LogP contribution is 2.40. The van der Waals surface area contributed by atoms with E-state index in [9.17, 15) is 4.79 Å². The second-order valence-electron chi connectivity index (χ2n) is 7.03. The first kappa shape index (κ1) is 17.0. The fourth-order valence-electron chi connectivity index (χ4n) is 3.85. The molecule has 2 saturated heterocycles. The van der Waals surface area contributed by atoms with Crippen LogP contribution < -0.4 is 4.74 Å². The molecule has 138 valence electrons. The van der Waals surface area contributed by atoms with E-state index >= 15 is 0 Å². The van der Waals surface area contributed by atoms with Crippen LogP contribution in [0, 0.1) is 12.8 Å². The van der Waals surface area contributed by atoms with E-state index < -0.39 is 0 Å². The molecule has 0 radical (unpaired) electrons. The summed E-state index contributed by atoms with van der Waals surface area (Å²) >= 11 is 0. The van der Waals surface area contributed by atoms with Gasteiger partial charge >= 0.3 is 0 Å². The van der Waals surface area contributed by atoms with Gasteiger partial charge < -0.3 is 14.4 Å². The van der Waals surface area contributed by atoms with Crippen LogP contribution in [0.4, 0.5) is 0 Å². The van der Waals surface area contributed by atoms with E-state index in [0.717, 1.165) is 12.1 Å². The van der Waals surface area contributed by atoms with Crippen molar-refractivity contribution in [3.8, 4) is 5.88 Å². The average molecular weight is 356 g/mol. The molecule has 0 N–H and O–H groups in total. The van der Waals surface area contributed by atoms with E-state index in [4.69, 9.17) is 9.47 Å². The van der Waals surface area contributed by atoms with Crippen molar-refractivity contribution in [1.82, 2.24) is 19.7 Å².